The van der Waals surface area contributed by atoms with E-state index in [9.17, 15) is 10.2 Å². The molecular formula is C40H48FN5O3. The number of β-amino-alcohol motifs (C(OH)–C–C–N with tert-alkyl or cyclic N) is 1. The highest BCUT2D eigenvalue weighted by Crippen LogP contribution is 2.54. The fourth-order valence-corrected chi connectivity index (χ4v) is 9.13. The number of aromatic hydroxyl groups is 1. The largest absolute Gasteiger partial charge is 0.508 e. The van der Waals surface area contributed by atoms with Crippen LogP contribution in [0.15, 0.2) is 35.3 Å². The van der Waals surface area contributed by atoms with Gasteiger partial charge in [-0.25, -0.2) is 4.39 Å². The zero-order chi connectivity index (χ0) is 34.1. The van der Waals surface area contributed by atoms with E-state index < -0.39 is 6.10 Å². The van der Waals surface area contributed by atoms with Crippen LogP contribution in [0.5, 0.6) is 11.8 Å². The number of hydrogen-bond acceptors (Lipinski definition) is 8. The van der Waals surface area contributed by atoms with Crippen molar-refractivity contribution in [2.45, 2.75) is 96.7 Å². The number of aliphatic hydroxyl groups excluding tert-OH is 1. The van der Waals surface area contributed by atoms with Crippen molar-refractivity contribution in [1.82, 2.24) is 14.9 Å². The number of anilines is 1. The van der Waals surface area contributed by atoms with Crippen molar-refractivity contribution in [3.8, 4) is 11.8 Å². The molecule has 1 saturated carbocycles. The van der Waals surface area contributed by atoms with E-state index in [4.69, 9.17) is 19.7 Å². The van der Waals surface area contributed by atoms with Crippen LogP contribution in [0.4, 0.5) is 10.2 Å². The van der Waals surface area contributed by atoms with E-state index in [0.717, 1.165) is 90.8 Å². The van der Waals surface area contributed by atoms with Gasteiger partial charge in [-0.15, -0.1) is 0 Å². The van der Waals surface area contributed by atoms with Crippen LogP contribution in [-0.4, -0.2) is 81.3 Å². The number of aromatic nitrogens is 2. The van der Waals surface area contributed by atoms with Crippen LogP contribution >= 0.6 is 0 Å². The van der Waals surface area contributed by atoms with Crippen LogP contribution in [0.25, 0.3) is 28.0 Å². The number of benzene rings is 2. The standard InChI is InChI=1S/C40H48FN5O3/c1-5-27-31(41)10-9-25-19-26(47)20-29(34(25)27)30-21-32-35(28(6-2)36(30)42-24(3)4)37(45-18-15-39(13-14-39)33(48)22-45)44-38(43-32)49-23-40-11-7-16-46(40)17-8-12-40/h6,9-10,19-21,24,33,47-48H,5,7-8,11-18,22-23H2,1-4H3/b28-6-,42-36?. The minimum Gasteiger partial charge on any atom is -0.508 e. The van der Waals surface area contributed by atoms with Gasteiger partial charge >= 0.3 is 6.01 Å². The topological polar surface area (TPSA) is 94.3 Å². The van der Waals surface area contributed by atoms with E-state index in [1.165, 1.54) is 18.9 Å². The highest BCUT2D eigenvalue weighted by atomic mass is 19.1. The maximum absolute atomic E-state index is 15.4. The second-order valence-electron chi connectivity index (χ2n) is 15.2. The molecular weight excluding hydrogens is 617 g/mol. The summed E-state index contributed by atoms with van der Waals surface area (Å²) in [5.41, 5.74) is 5.37. The van der Waals surface area contributed by atoms with Crippen LogP contribution in [0.1, 0.15) is 95.0 Å². The van der Waals surface area contributed by atoms with Gasteiger partial charge in [0.25, 0.3) is 0 Å². The van der Waals surface area contributed by atoms with Gasteiger partial charge in [0.2, 0.25) is 0 Å². The van der Waals surface area contributed by atoms with E-state index in [1.54, 1.807) is 18.2 Å². The van der Waals surface area contributed by atoms with Gasteiger partial charge < -0.3 is 19.8 Å². The number of halogens is 1. The SMILES string of the molecule is C/C=C1\C(=NC(C)C)C(c2cc(O)cc3ccc(F)c(CC)c23)=Cc2nc(OCC34CCCN3CCC4)nc(N3CCC4(CC4)C(O)C3)c21. The average molecular weight is 666 g/mol. The first-order valence-corrected chi connectivity index (χ1v) is 18.3. The van der Waals surface area contributed by atoms with Crippen LogP contribution < -0.4 is 9.64 Å². The number of phenols is 1. The van der Waals surface area contributed by atoms with Gasteiger partial charge in [0, 0.05) is 30.3 Å². The Morgan fingerprint density at radius 2 is 1.86 bits per heavy atom. The van der Waals surface area contributed by atoms with Gasteiger partial charge in [-0.2, -0.15) is 9.97 Å². The molecule has 2 N–H and O–H groups in total. The Bertz CT molecular complexity index is 1900. The van der Waals surface area contributed by atoms with Crippen LogP contribution in [0.2, 0.25) is 0 Å². The highest BCUT2D eigenvalue weighted by Gasteiger charge is 2.52. The lowest BCUT2D eigenvalue weighted by molar-refractivity contribution is 0.0772. The van der Waals surface area contributed by atoms with Crippen molar-refractivity contribution < 1.29 is 19.3 Å². The van der Waals surface area contributed by atoms with Gasteiger partial charge in [0.05, 0.1) is 28.6 Å². The third kappa shape index (κ3) is 5.44. The van der Waals surface area contributed by atoms with Crippen molar-refractivity contribution in [3.63, 3.8) is 0 Å². The lowest BCUT2D eigenvalue weighted by atomic mass is 9.82. The maximum atomic E-state index is 15.4. The zero-order valence-corrected chi connectivity index (χ0v) is 29.2. The summed E-state index contributed by atoms with van der Waals surface area (Å²) in [6.45, 7) is 12.1. The molecule has 1 unspecified atom stereocenters. The predicted octanol–water partition coefficient (Wildman–Crippen LogP) is 7.20. The molecule has 2 aliphatic carbocycles. The van der Waals surface area contributed by atoms with E-state index in [2.05, 4.69) is 15.9 Å². The molecule has 258 valence electrons. The van der Waals surface area contributed by atoms with E-state index in [-0.39, 0.29) is 28.6 Å². The Kier molecular flexibility index (Phi) is 8.06. The number of piperidine rings is 1. The number of aliphatic imine (C=N–C) groups is 1. The number of aryl methyl sites for hydroxylation is 1. The summed E-state index contributed by atoms with van der Waals surface area (Å²) in [5, 5.41) is 23.8. The number of hydrogen-bond donors (Lipinski definition) is 2. The fourth-order valence-electron chi connectivity index (χ4n) is 9.13. The fraction of sp³-hybridized carbons (Fsp3) is 0.525. The number of rotatable bonds is 7. The van der Waals surface area contributed by atoms with Crippen molar-refractivity contribution in [1.29, 1.82) is 0 Å². The highest BCUT2D eigenvalue weighted by molar-refractivity contribution is 6.50. The molecule has 8 nitrogen and oxygen atoms in total. The van der Waals surface area contributed by atoms with Crippen molar-refractivity contribution in [3.05, 3.63) is 58.5 Å². The molecule has 1 aromatic heterocycles. The number of allylic oxidation sites excluding steroid dienone is 3. The molecule has 4 heterocycles. The van der Waals surface area contributed by atoms with Gasteiger partial charge in [-0.1, -0.05) is 19.1 Å². The predicted molar refractivity (Wildman–Crippen MR) is 194 cm³/mol. The van der Waals surface area contributed by atoms with Gasteiger partial charge in [0.15, 0.2) is 0 Å². The third-order valence-corrected chi connectivity index (χ3v) is 11.9. The molecule has 0 radical (unpaired) electrons. The maximum Gasteiger partial charge on any atom is 0.319 e. The molecule has 0 amide bonds. The lowest BCUT2D eigenvalue weighted by Gasteiger charge is -2.39. The normalized spacial score (nSPS) is 24.3. The second kappa shape index (κ2) is 12.2. The molecule has 3 aromatic rings. The summed E-state index contributed by atoms with van der Waals surface area (Å²) in [6.07, 6.45) is 11.8. The summed E-state index contributed by atoms with van der Waals surface area (Å²) >= 11 is 0. The van der Waals surface area contributed by atoms with E-state index in [1.807, 2.05) is 33.8 Å². The van der Waals surface area contributed by atoms with Crippen LogP contribution in [-0.2, 0) is 6.42 Å². The van der Waals surface area contributed by atoms with Crippen LogP contribution in [0, 0.1) is 11.2 Å². The summed E-state index contributed by atoms with van der Waals surface area (Å²) in [7, 11) is 0. The lowest BCUT2D eigenvalue weighted by Crippen LogP contribution is -2.46. The Labute approximate surface area is 288 Å². The molecule has 5 aliphatic rings. The first kappa shape index (κ1) is 32.4. The number of fused-ring (bicyclic) bond motifs is 3. The van der Waals surface area contributed by atoms with Crippen molar-refractivity contribution >= 4 is 39.5 Å². The number of aliphatic hydroxyl groups is 1. The Balaban J connectivity index is 1.33. The Hall–Kier alpha value is -3.82. The molecule has 0 bridgehead atoms. The summed E-state index contributed by atoms with van der Waals surface area (Å²) in [5.74, 6) is 0.592. The molecule has 1 spiro atoms. The summed E-state index contributed by atoms with van der Waals surface area (Å²) in [4.78, 5) is 20.2. The Morgan fingerprint density at radius 1 is 1.08 bits per heavy atom. The quantitative estimate of drug-likeness (QED) is 0.276. The molecule has 1 atom stereocenters. The monoisotopic (exact) mass is 665 g/mol. The van der Waals surface area contributed by atoms with E-state index in [0.29, 0.717) is 42.4 Å². The minimum absolute atomic E-state index is 0.0345. The molecule has 9 heteroatoms. The molecule has 4 fully saturated rings. The smallest absolute Gasteiger partial charge is 0.319 e. The first-order valence-electron chi connectivity index (χ1n) is 18.3. The van der Waals surface area contributed by atoms with Crippen LogP contribution in [0.3, 0.4) is 0 Å². The zero-order valence-electron chi connectivity index (χ0n) is 29.2. The number of nitrogens with zero attached hydrogens (tertiary/aromatic N) is 5. The number of ether oxygens (including phenoxy) is 1. The van der Waals surface area contributed by atoms with Gasteiger partial charge in [0.1, 0.15) is 24.0 Å². The molecule has 8 rings (SSSR count). The minimum atomic E-state index is -0.422. The molecule has 3 aliphatic heterocycles. The second-order valence-corrected chi connectivity index (χ2v) is 15.2. The average Bonchev–Trinajstić information content (AvgIpc) is 3.58. The van der Waals surface area contributed by atoms with E-state index >= 15 is 4.39 Å². The first-order chi connectivity index (χ1) is 23.6. The van der Waals surface area contributed by atoms with Crippen molar-refractivity contribution in [2.24, 2.45) is 10.4 Å². The molecule has 3 saturated heterocycles. The van der Waals surface area contributed by atoms with Gasteiger partial charge in [-0.05, 0) is 137 Å². The molecule has 2 aromatic carbocycles. The molecule has 49 heavy (non-hydrogen) atoms. The summed E-state index contributed by atoms with van der Waals surface area (Å²) in [6, 6.07) is 6.92. The van der Waals surface area contributed by atoms with Crippen molar-refractivity contribution in [2.75, 3.05) is 37.7 Å². The summed E-state index contributed by atoms with van der Waals surface area (Å²) < 4.78 is 22.0. The number of phenolic OH excluding ortho intramolecular Hbond substituents is 1. The Morgan fingerprint density at radius 3 is 2.53 bits per heavy atom. The van der Waals surface area contributed by atoms with Gasteiger partial charge in [-0.3, -0.25) is 9.89 Å². The third-order valence-electron chi connectivity index (χ3n) is 11.9.